The lowest BCUT2D eigenvalue weighted by atomic mass is 9.73. The van der Waals surface area contributed by atoms with E-state index >= 15 is 0 Å². The van der Waals surface area contributed by atoms with E-state index in [9.17, 15) is 4.79 Å². The molecule has 2 heteroatoms. The summed E-state index contributed by atoms with van der Waals surface area (Å²) in [5.74, 6) is 2.48. The second kappa shape index (κ2) is 5.77. The van der Waals surface area contributed by atoms with Gasteiger partial charge in [0.1, 0.15) is 0 Å². The highest BCUT2D eigenvalue weighted by Gasteiger charge is 2.44. The van der Waals surface area contributed by atoms with Crippen molar-refractivity contribution in [3.05, 3.63) is 0 Å². The van der Waals surface area contributed by atoms with Crippen LogP contribution in [0.4, 0.5) is 0 Å². The molecule has 1 saturated heterocycles. The fraction of sp³-hybridized carbons (Fsp3) is 0.933. The highest BCUT2D eigenvalue weighted by atomic mass is 32.2. The number of hydrogen-bond donors (Lipinski definition) is 0. The number of rotatable bonds is 4. The highest BCUT2D eigenvalue weighted by molar-refractivity contribution is 8.00. The van der Waals surface area contributed by atoms with Crippen LogP contribution in [0.15, 0.2) is 0 Å². The van der Waals surface area contributed by atoms with Gasteiger partial charge >= 0.3 is 0 Å². The maximum atomic E-state index is 12.8. The lowest BCUT2D eigenvalue weighted by molar-refractivity contribution is -0.129. The minimum Gasteiger partial charge on any atom is -0.298 e. The molecule has 1 heterocycles. The van der Waals surface area contributed by atoms with E-state index in [-0.39, 0.29) is 5.41 Å². The van der Waals surface area contributed by atoms with E-state index in [0.717, 1.165) is 12.8 Å². The van der Waals surface area contributed by atoms with Crippen LogP contribution < -0.4 is 0 Å². The molecule has 0 radical (unpaired) electrons. The number of carbonyl (C=O) groups excluding carboxylic acids is 1. The van der Waals surface area contributed by atoms with Gasteiger partial charge in [0, 0.05) is 5.41 Å². The van der Waals surface area contributed by atoms with E-state index in [1.807, 2.05) is 11.8 Å². The summed E-state index contributed by atoms with van der Waals surface area (Å²) in [5, 5.41) is 0.334. The third kappa shape index (κ3) is 3.07. The van der Waals surface area contributed by atoms with Crippen LogP contribution in [-0.4, -0.2) is 16.8 Å². The summed E-state index contributed by atoms with van der Waals surface area (Å²) in [6, 6.07) is 0. The SMILES string of the molecule is CC(C)CC1(C(=O)C2CCCCS2)CCCC1. The summed E-state index contributed by atoms with van der Waals surface area (Å²) in [6.45, 7) is 4.53. The van der Waals surface area contributed by atoms with Crippen molar-refractivity contribution in [2.45, 2.75) is 70.5 Å². The Kier molecular flexibility index (Phi) is 4.57. The summed E-state index contributed by atoms with van der Waals surface area (Å²) in [7, 11) is 0. The van der Waals surface area contributed by atoms with Crippen molar-refractivity contribution in [2.24, 2.45) is 11.3 Å². The molecule has 0 aromatic heterocycles. The van der Waals surface area contributed by atoms with Crippen LogP contribution >= 0.6 is 11.8 Å². The van der Waals surface area contributed by atoms with Crippen LogP contribution in [0.5, 0.6) is 0 Å². The second-order valence-corrected chi connectivity index (χ2v) is 7.62. The van der Waals surface area contributed by atoms with Crippen molar-refractivity contribution >= 4 is 17.5 Å². The molecule has 0 amide bonds. The molecule has 1 unspecified atom stereocenters. The van der Waals surface area contributed by atoms with Crippen molar-refractivity contribution in [3.63, 3.8) is 0 Å². The minimum absolute atomic E-state index is 0.0726. The van der Waals surface area contributed by atoms with E-state index in [2.05, 4.69) is 13.8 Å². The summed E-state index contributed by atoms with van der Waals surface area (Å²) in [6.07, 6.45) is 9.73. The molecule has 0 bridgehead atoms. The zero-order valence-corrected chi connectivity index (χ0v) is 12.2. The van der Waals surface area contributed by atoms with Gasteiger partial charge in [-0.15, -0.1) is 0 Å². The van der Waals surface area contributed by atoms with Crippen LogP contribution in [0, 0.1) is 11.3 Å². The second-order valence-electron chi connectivity index (χ2n) is 6.30. The normalized spacial score (nSPS) is 28.5. The third-order valence-corrected chi connectivity index (χ3v) is 5.73. The predicted molar refractivity (Wildman–Crippen MR) is 75.5 cm³/mol. The molecule has 2 aliphatic rings. The van der Waals surface area contributed by atoms with Crippen molar-refractivity contribution in [1.29, 1.82) is 0 Å². The molecule has 1 atom stereocenters. The fourth-order valence-corrected chi connectivity index (χ4v) is 5.06. The van der Waals surface area contributed by atoms with Crippen LogP contribution in [0.1, 0.15) is 65.2 Å². The van der Waals surface area contributed by atoms with Gasteiger partial charge in [-0.3, -0.25) is 4.79 Å². The van der Waals surface area contributed by atoms with Crippen LogP contribution in [0.25, 0.3) is 0 Å². The fourth-order valence-electron chi connectivity index (χ4n) is 3.67. The highest BCUT2D eigenvalue weighted by Crippen LogP contribution is 2.47. The first kappa shape index (κ1) is 13.5. The molecule has 0 N–H and O–H groups in total. The molecule has 98 valence electrons. The Morgan fingerprint density at radius 2 is 1.94 bits per heavy atom. The molecule has 2 fully saturated rings. The molecule has 0 aromatic rings. The van der Waals surface area contributed by atoms with Gasteiger partial charge in [0.05, 0.1) is 5.25 Å². The average Bonchev–Trinajstić information content (AvgIpc) is 2.78. The van der Waals surface area contributed by atoms with Gasteiger partial charge < -0.3 is 0 Å². The van der Waals surface area contributed by atoms with E-state index in [1.54, 1.807) is 0 Å². The number of carbonyl (C=O) groups is 1. The van der Waals surface area contributed by atoms with Crippen molar-refractivity contribution in [1.82, 2.24) is 0 Å². The Morgan fingerprint density at radius 3 is 2.47 bits per heavy atom. The largest absolute Gasteiger partial charge is 0.298 e. The predicted octanol–water partition coefficient (Wildman–Crippen LogP) is 4.45. The maximum Gasteiger partial charge on any atom is 0.151 e. The first-order valence-electron chi connectivity index (χ1n) is 7.30. The van der Waals surface area contributed by atoms with Crippen LogP contribution in [-0.2, 0) is 4.79 Å². The molecule has 1 nitrogen and oxygen atoms in total. The number of hydrogen-bond acceptors (Lipinski definition) is 2. The van der Waals surface area contributed by atoms with Gasteiger partial charge in [-0.2, -0.15) is 11.8 Å². The number of Topliss-reactive ketones (excluding diaryl/α,β-unsaturated/α-hetero) is 1. The Balaban J connectivity index is 2.06. The van der Waals surface area contributed by atoms with Gasteiger partial charge in [-0.05, 0) is 43.8 Å². The summed E-state index contributed by atoms with van der Waals surface area (Å²) >= 11 is 1.93. The Hall–Kier alpha value is 0.0200. The van der Waals surface area contributed by atoms with E-state index in [4.69, 9.17) is 0 Å². The smallest absolute Gasteiger partial charge is 0.151 e. The molecular formula is C15H26OS. The zero-order valence-electron chi connectivity index (χ0n) is 11.3. The lowest BCUT2D eigenvalue weighted by Gasteiger charge is -2.34. The average molecular weight is 254 g/mol. The van der Waals surface area contributed by atoms with Gasteiger partial charge in [0.2, 0.25) is 0 Å². The van der Waals surface area contributed by atoms with Gasteiger partial charge in [0.25, 0.3) is 0 Å². The van der Waals surface area contributed by atoms with E-state index in [0.29, 0.717) is 17.0 Å². The molecule has 0 aromatic carbocycles. The summed E-state index contributed by atoms with van der Waals surface area (Å²) in [5.41, 5.74) is 0.0726. The van der Waals surface area contributed by atoms with Crippen molar-refractivity contribution < 1.29 is 4.79 Å². The first-order chi connectivity index (χ1) is 8.14. The van der Waals surface area contributed by atoms with Crippen LogP contribution in [0.2, 0.25) is 0 Å². The monoisotopic (exact) mass is 254 g/mol. The van der Waals surface area contributed by atoms with Crippen molar-refractivity contribution in [3.8, 4) is 0 Å². The topological polar surface area (TPSA) is 17.1 Å². The summed E-state index contributed by atoms with van der Waals surface area (Å²) in [4.78, 5) is 12.8. The lowest BCUT2D eigenvalue weighted by Crippen LogP contribution is -2.37. The molecule has 1 aliphatic heterocycles. The maximum absolute atomic E-state index is 12.8. The first-order valence-corrected chi connectivity index (χ1v) is 8.35. The number of ketones is 1. The third-order valence-electron chi connectivity index (χ3n) is 4.35. The van der Waals surface area contributed by atoms with Crippen LogP contribution in [0.3, 0.4) is 0 Å². The Bertz CT molecular complexity index is 260. The van der Waals surface area contributed by atoms with Crippen molar-refractivity contribution in [2.75, 3.05) is 5.75 Å². The van der Waals surface area contributed by atoms with Gasteiger partial charge in [-0.1, -0.05) is 33.1 Å². The Morgan fingerprint density at radius 1 is 1.24 bits per heavy atom. The molecule has 0 spiro atoms. The molecular weight excluding hydrogens is 228 g/mol. The van der Waals surface area contributed by atoms with E-state index < -0.39 is 0 Å². The summed E-state index contributed by atoms with van der Waals surface area (Å²) < 4.78 is 0. The molecule has 1 saturated carbocycles. The zero-order chi connectivity index (χ0) is 12.3. The molecule has 1 aliphatic carbocycles. The quantitative estimate of drug-likeness (QED) is 0.737. The standard InChI is InChI=1S/C15H26OS/c1-12(2)11-15(8-4-5-9-15)14(16)13-7-3-6-10-17-13/h12-13H,3-11H2,1-2H3. The van der Waals surface area contributed by atoms with Gasteiger partial charge in [0.15, 0.2) is 5.78 Å². The Labute approximate surface area is 110 Å². The van der Waals surface area contributed by atoms with Gasteiger partial charge in [-0.25, -0.2) is 0 Å². The van der Waals surface area contributed by atoms with E-state index in [1.165, 1.54) is 44.3 Å². The minimum atomic E-state index is 0.0726. The molecule has 17 heavy (non-hydrogen) atoms. The number of thioether (sulfide) groups is 1. The molecule has 2 rings (SSSR count).